The highest BCUT2D eigenvalue weighted by atomic mass is 16.5. The van der Waals surface area contributed by atoms with Crippen molar-refractivity contribution in [1.29, 1.82) is 0 Å². The van der Waals surface area contributed by atoms with Crippen LogP contribution in [-0.4, -0.2) is 52.3 Å². The molecular formula is C28H30O9. The molecule has 0 spiro atoms. The fourth-order valence-corrected chi connectivity index (χ4v) is 5.36. The summed E-state index contributed by atoms with van der Waals surface area (Å²) in [5, 5.41) is 0. The Labute approximate surface area is 215 Å². The largest absolute Gasteiger partial charge is 0.469 e. The number of fused-ring (bicyclic) bond motifs is 2. The first kappa shape index (κ1) is 26.2. The lowest BCUT2D eigenvalue weighted by Crippen LogP contribution is -2.38. The highest BCUT2D eigenvalue weighted by Crippen LogP contribution is 2.37. The second-order valence-corrected chi connectivity index (χ2v) is 9.30. The molecule has 0 saturated heterocycles. The summed E-state index contributed by atoms with van der Waals surface area (Å²) in [6, 6.07) is 11.1. The van der Waals surface area contributed by atoms with Crippen LogP contribution < -0.4 is 4.74 Å². The van der Waals surface area contributed by atoms with E-state index in [1.807, 2.05) is 36.4 Å². The number of esters is 4. The van der Waals surface area contributed by atoms with Gasteiger partial charge in [-0.25, -0.2) is 0 Å². The predicted molar refractivity (Wildman–Crippen MR) is 130 cm³/mol. The van der Waals surface area contributed by atoms with Gasteiger partial charge in [0.25, 0.3) is 0 Å². The molecule has 0 heterocycles. The third-order valence-electron chi connectivity index (χ3n) is 7.34. The Balaban J connectivity index is 1.56. The molecule has 0 fully saturated rings. The van der Waals surface area contributed by atoms with Crippen molar-refractivity contribution in [1.82, 2.24) is 0 Å². The zero-order valence-electron chi connectivity index (χ0n) is 21.3. The van der Waals surface area contributed by atoms with Crippen molar-refractivity contribution in [3.63, 3.8) is 0 Å². The Bertz CT molecular complexity index is 1120. The Morgan fingerprint density at radius 3 is 1.11 bits per heavy atom. The van der Waals surface area contributed by atoms with E-state index < -0.39 is 47.5 Å². The average Bonchev–Trinajstić information content (AvgIpc) is 2.93. The van der Waals surface area contributed by atoms with Crippen LogP contribution in [0.4, 0.5) is 0 Å². The average molecular weight is 511 g/mol. The summed E-state index contributed by atoms with van der Waals surface area (Å²) >= 11 is 0. The molecule has 0 saturated carbocycles. The van der Waals surface area contributed by atoms with Gasteiger partial charge in [-0.3, -0.25) is 19.2 Å². The fourth-order valence-electron chi connectivity index (χ4n) is 5.36. The van der Waals surface area contributed by atoms with Gasteiger partial charge in [-0.1, -0.05) is 12.1 Å². The molecule has 9 nitrogen and oxygen atoms in total. The van der Waals surface area contributed by atoms with Gasteiger partial charge in [0, 0.05) is 0 Å². The Hall–Kier alpha value is -3.88. The van der Waals surface area contributed by atoms with E-state index in [0.717, 1.165) is 22.3 Å². The Morgan fingerprint density at radius 2 is 0.811 bits per heavy atom. The maximum Gasteiger partial charge on any atom is 0.309 e. The van der Waals surface area contributed by atoms with E-state index in [0.29, 0.717) is 37.2 Å². The van der Waals surface area contributed by atoms with E-state index in [1.165, 1.54) is 28.4 Å². The molecule has 0 aromatic heterocycles. The molecule has 37 heavy (non-hydrogen) atoms. The second-order valence-electron chi connectivity index (χ2n) is 9.30. The van der Waals surface area contributed by atoms with Crippen LogP contribution in [0.1, 0.15) is 22.3 Å². The van der Waals surface area contributed by atoms with Crippen molar-refractivity contribution in [2.75, 3.05) is 28.4 Å². The number of rotatable bonds is 6. The zero-order chi connectivity index (χ0) is 26.7. The second kappa shape index (κ2) is 11.0. The number of hydrogen-bond acceptors (Lipinski definition) is 9. The Kier molecular flexibility index (Phi) is 7.80. The maximum absolute atomic E-state index is 12.4. The quantitative estimate of drug-likeness (QED) is 0.427. The molecule has 4 rings (SSSR count). The van der Waals surface area contributed by atoms with Crippen LogP contribution in [-0.2, 0) is 63.8 Å². The lowest BCUT2D eigenvalue weighted by atomic mass is 9.75. The van der Waals surface area contributed by atoms with Crippen molar-refractivity contribution in [2.24, 2.45) is 23.7 Å². The van der Waals surface area contributed by atoms with Crippen LogP contribution >= 0.6 is 0 Å². The summed E-state index contributed by atoms with van der Waals surface area (Å²) in [4.78, 5) is 49.3. The third-order valence-corrected chi connectivity index (χ3v) is 7.34. The van der Waals surface area contributed by atoms with Crippen LogP contribution in [0.25, 0.3) is 0 Å². The predicted octanol–water partition coefficient (Wildman–Crippen LogP) is 2.83. The molecule has 2 aromatic rings. The molecule has 9 heteroatoms. The summed E-state index contributed by atoms with van der Waals surface area (Å²) in [5.74, 6) is -3.10. The van der Waals surface area contributed by atoms with Gasteiger partial charge in [-0.15, -0.1) is 0 Å². The van der Waals surface area contributed by atoms with Gasteiger partial charge < -0.3 is 23.7 Å². The van der Waals surface area contributed by atoms with Crippen molar-refractivity contribution in [3.05, 3.63) is 58.7 Å². The van der Waals surface area contributed by atoms with Crippen LogP contribution in [0.15, 0.2) is 36.4 Å². The van der Waals surface area contributed by atoms with Gasteiger partial charge in [-0.05, 0) is 72.2 Å². The van der Waals surface area contributed by atoms with Crippen LogP contribution in [0, 0.1) is 23.7 Å². The Morgan fingerprint density at radius 1 is 0.514 bits per heavy atom. The molecular weight excluding hydrogens is 480 g/mol. The van der Waals surface area contributed by atoms with Crippen LogP contribution in [0.3, 0.4) is 0 Å². The van der Waals surface area contributed by atoms with Crippen molar-refractivity contribution in [2.45, 2.75) is 25.7 Å². The summed E-state index contributed by atoms with van der Waals surface area (Å²) in [7, 11) is 5.23. The van der Waals surface area contributed by atoms with Gasteiger partial charge in [0.1, 0.15) is 11.5 Å². The lowest BCUT2D eigenvalue weighted by molar-refractivity contribution is -0.158. The van der Waals surface area contributed by atoms with Crippen molar-refractivity contribution < 1.29 is 42.9 Å². The first-order chi connectivity index (χ1) is 17.8. The fraction of sp³-hybridized carbons (Fsp3) is 0.429. The molecule has 2 aliphatic rings. The monoisotopic (exact) mass is 510 g/mol. The van der Waals surface area contributed by atoms with Gasteiger partial charge in [0.2, 0.25) is 0 Å². The minimum Gasteiger partial charge on any atom is -0.469 e. The normalized spacial score (nSPS) is 22.1. The van der Waals surface area contributed by atoms with E-state index in [9.17, 15) is 19.2 Å². The lowest BCUT2D eigenvalue weighted by Gasteiger charge is -2.30. The number of carbonyl (C=O) groups excluding carboxylic acids is 4. The molecule has 0 N–H and O–H groups in total. The topological polar surface area (TPSA) is 114 Å². The molecule has 0 amide bonds. The molecule has 0 bridgehead atoms. The minimum atomic E-state index is -0.637. The number of carbonyl (C=O) groups is 4. The molecule has 2 aliphatic carbocycles. The van der Waals surface area contributed by atoms with Gasteiger partial charge >= 0.3 is 23.9 Å². The smallest absolute Gasteiger partial charge is 0.309 e. The molecule has 0 aliphatic heterocycles. The standard InChI is InChI=1S/C28H30O9/c1-33-25(29)21-11-15-5-7-19(9-17(15)13-23(21)27(31)35-3)37-20-8-6-16-12-22(26(30)34-2)24(28(32)36-4)14-18(16)10-20/h5-10,21-24H,11-14H2,1-4H3. The van der Waals surface area contributed by atoms with Crippen LogP contribution in [0.2, 0.25) is 0 Å². The van der Waals surface area contributed by atoms with E-state index in [-0.39, 0.29) is 0 Å². The highest BCUT2D eigenvalue weighted by molar-refractivity contribution is 5.84. The van der Waals surface area contributed by atoms with E-state index in [2.05, 4.69) is 0 Å². The maximum atomic E-state index is 12.4. The summed E-state index contributed by atoms with van der Waals surface area (Å²) in [6.07, 6.45) is 1.41. The number of ether oxygens (including phenoxy) is 5. The summed E-state index contributed by atoms with van der Waals surface area (Å²) in [5.41, 5.74) is 3.70. The number of benzene rings is 2. The van der Waals surface area contributed by atoms with Crippen molar-refractivity contribution >= 4 is 23.9 Å². The third kappa shape index (κ3) is 5.30. The first-order valence-electron chi connectivity index (χ1n) is 12.0. The van der Waals surface area contributed by atoms with E-state index >= 15 is 0 Å². The molecule has 0 radical (unpaired) electrons. The summed E-state index contributed by atoms with van der Waals surface area (Å²) in [6.45, 7) is 0. The SMILES string of the molecule is COC(=O)C1Cc2ccc(Oc3ccc4c(c3)CC(C(=O)OC)C(C(=O)OC)C4)cc2CC1C(=O)OC. The molecule has 196 valence electrons. The summed E-state index contributed by atoms with van der Waals surface area (Å²) < 4.78 is 25.8. The minimum absolute atomic E-state index is 0.332. The van der Waals surface area contributed by atoms with Gasteiger partial charge in [0.05, 0.1) is 52.1 Å². The zero-order valence-corrected chi connectivity index (χ0v) is 21.3. The molecule has 4 unspecified atom stereocenters. The first-order valence-corrected chi connectivity index (χ1v) is 12.0. The van der Waals surface area contributed by atoms with Gasteiger partial charge in [-0.2, -0.15) is 0 Å². The molecule has 2 aromatic carbocycles. The van der Waals surface area contributed by atoms with E-state index in [1.54, 1.807) is 0 Å². The van der Waals surface area contributed by atoms with E-state index in [4.69, 9.17) is 23.7 Å². The van der Waals surface area contributed by atoms with Crippen LogP contribution in [0.5, 0.6) is 11.5 Å². The number of hydrogen-bond donors (Lipinski definition) is 0. The molecule has 4 atom stereocenters. The number of methoxy groups -OCH3 is 4. The van der Waals surface area contributed by atoms with Crippen molar-refractivity contribution in [3.8, 4) is 11.5 Å². The van der Waals surface area contributed by atoms with Gasteiger partial charge in [0.15, 0.2) is 0 Å². The highest BCUT2D eigenvalue weighted by Gasteiger charge is 2.41.